The zero-order valence-electron chi connectivity index (χ0n) is 9.12. The van der Waals surface area contributed by atoms with Crippen molar-refractivity contribution in [3.05, 3.63) is 66.8 Å². The molecule has 0 bridgehead atoms. The van der Waals surface area contributed by atoms with Crippen LogP contribution in [0.2, 0.25) is 0 Å². The van der Waals surface area contributed by atoms with E-state index in [2.05, 4.69) is 6.92 Å². The van der Waals surface area contributed by atoms with Gasteiger partial charge in [0.05, 0.1) is 0 Å². The monoisotopic (exact) mass is 213 g/mol. The van der Waals surface area contributed by atoms with Crippen molar-refractivity contribution in [1.29, 1.82) is 0 Å². The Morgan fingerprint density at radius 2 is 1.75 bits per heavy atom. The molecule has 0 amide bonds. The lowest BCUT2D eigenvalue weighted by atomic mass is 10.0. The van der Waals surface area contributed by atoms with E-state index in [1.54, 1.807) is 6.07 Å². The summed E-state index contributed by atoms with van der Waals surface area (Å²) in [5.41, 5.74) is 2.58. The quantitative estimate of drug-likeness (QED) is 0.714. The molecule has 1 heteroatoms. The third-order valence-electron chi connectivity index (χ3n) is 2.58. The molecule has 0 unspecified atom stereocenters. The van der Waals surface area contributed by atoms with Crippen LogP contribution in [0.1, 0.15) is 12.0 Å². The van der Waals surface area contributed by atoms with Gasteiger partial charge in [-0.3, -0.25) is 0 Å². The molecule has 0 saturated heterocycles. The molecular weight excluding hydrogens is 199 g/mol. The van der Waals surface area contributed by atoms with Gasteiger partial charge in [0.25, 0.3) is 0 Å². The van der Waals surface area contributed by atoms with Gasteiger partial charge in [-0.2, -0.15) is 0 Å². The first-order valence-corrected chi connectivity index (χ1v) is 5.44. The Kier molecular flexibility index (Phi) is 3.35. The number of hydrogen-bond acceptors (Lipinski definition) is 0. The lowest BCUT2D eigenvalue weighted by Gasteiger charge is -2.05. The summed E-state index contributed by atoms with van der Waals surface area (Å²) in [6, 6.07) is 15.0. The van der Waals surface area contributed by atoms with E-state index >= 15 is 0 Å². The number of hydrogen-bond donors (Lipinski definition) is 0. The van der Waals surface area contributed by atoms with Crippen molar-refractivity contribution in [2.45, 2.75) is 12.8 Å². The standard InChI is InChI=1S/C15H14F/c1-2-6-12-9-10-14(15(16)11-12)13-7-4-3-5-8-13/h3-5,7-11H,1-2,6H2. The zero-order chi connectivity index (χ0) is 11.4. The minimum Gasteiger partial charge on any atom is -0.206 e. The van der Waals surface area contributed by atoms with Crippen molar-refractivity contribution in [3.8, 4) is 11.1 Å². The molecule has 0 aliphatic rings. The summed E-state index contributed by atoms with van der Waals surface area (Å²) in [4.78, 5) is 0. The lowest BCUT2D eigenvalue weighted by Crippen LogP contribution is -1.89. The van der Waals surface area contributed by atoms with Crippen LogP contribution in [0.3, 0.4) is 0 Å². The largest absolute Gasteiger partial charge is 0.206 e. The first-order valence-electron chi connectivity index (χ1n) is 5.44. The lowest BCUT2D eigenvalue weighted by molar-refractivity contribution is 0.629. The molecule has 0 nitrogen and oxygen atoms in total. The normalized spacial score (nSPS) is 10.4. The van der Waals surface area contributed by atoms with E-state index < -0.39 is 0 Å². The Labute approximate surface area is 95.7 Å². The fourth-order valence-corrected chi connectivity index (χ4v) is 1.77. The van der Waals surface area contributed by atoms with E-state index in [1.165, 1.54) is 0 Å². The van der Waals surface area contributed by atoms with Crippen LogP contribution < -0.4 is 0 Å². The molecule has 0 aliphatic carbocycles. The molecule has 0 aromatic heterocycles. The van der Waals surface area contributed by atoms with E-state index in [1.807, 2.05) is 42.5 Å². The number of halogens is 1. The molecule has 2 rings (SSSR count). The number of aryl methyl sites for hydroxylation is 1. The van der Waals surface area contributed by atoms with Crippen molar-refractivity contribution in [2.75, 3.05) is 0 Å². The van der Waals surface area contributed by atoms with E-state index in [0.29, 0.717) is 5.56 Å². The molecule has 81 valence electrons. The molecule has 0 atom stereocenters. The van der Waals surface area contributed by atoms with Gasteiger partial charge in [0, 0.05) is 5.56 Å². The van der Waals surface area contributed by atoms with Gasteiger partial charge < -0.3 is 0 Å². The van der Waals surface area contributed by atoms with Gasteiger partial charge in [0.2, 0.25) is 0 Å². The second-order valence-corrected chi connectivity index (χ2v) is 3.78. The van der Waals surface area contributed by atoms with Crippen molar-refractivity contribution in [3.63, 3.8) is 0 Å². The van der Waals surface area contributed by atoms with Crippen LogP contribution in [-0.4, -0.2) is 0 Å². The van der Waals surface area contributed by atoms with Crippen molar-refractivity contribution in [2.24, 2.45) is 0 Å². The molecule has 0 aliphatic heterocycles. The molecule has 0 fully saturated rings. The maximum atomic E-state index is 13.8. The van der Waals surface area contributed by atoms with Gasteiger partial charge >= 0.3 is 0 Å². The molecule has 1 radical (unpaired) electrons. The second kappa shape index (κ2) is 4.93. The molecule has 0 heterocycles. The molecule has 16 heavy (non-hydrogen) atoms. The molecule has 0 spiro atoms. The van der Waals surface area contributed by atoms with Crippen LogP contribution in [0.4, 0.5) is 4.39 Å². The highest BCUT2D eigenvalue weighted by Gasteiger charge is 2.04. The second-order valence-electron chi connectivity index (χ2n) is 3.78. The van der Waals surface area contributed by atoms with Gasteiger partial charge in [-0.25, -0.2) is 4.39 Å². The van der Waals surface area contributed by atoms with E-state index in [-0.39, 0.29) is 5.82 Å². The van der Waals surface area contributed by atoms with E-state index in [0.717, 1.165) is 24.0 Å². The van der Waals surface area contributed by atoms with E-state index in [9.17, 15) is 4.39 Å². The van der Waals surface area contributed by atoms with Gasteiger partial charge in [-0.1, -0.05) is 49.4 Å². The van der Waals surface area contributed by atoms with Crippen LogP contribution >= 0.6 is 0 Å². The molecule has 2 aromatic carbocycles. The topological polar surface area (TPSA) is 0 Å². The summed E-state index contributed by atoms with van der Waals surface area (Å²) in [6.07, 6.45) is 1.62. The van der Waals surface area contributed by atoms with Gasteiger partial charge in [0.1, 0.15) is 5.82 Å². The highest BCUT2D eigenvalue weighted by Crippen LogP contribution is 2.23. The van der Waals surface area contributed by atoms with Gasteiger partial charge in [-0.05, 0) is 30.0 Å². The van der Waals surface area contributed by atoms with Crippen LogP contribution in [0, 0.1) is 12.7 Å². The first-order chi connectivity index (χ1) is 7.81. The first kappa shape index (κ1) is 10.9. The summed E-state index contributed by atoms with van der Waals surface area (Å²) < 4.78 is 13.8. The highest BCUT2D eigenvalue weighted by atomic mass is 19.1. The number of rotatable bonds is 3. The summed E-state index contributed by atoms with van der Waals surface area (Å²) >= 11 is 0. The summed E-state index contributed by atoms with van der Waals surface area (Å²) in [7, 11) is 0. The summed E-state index contributed by atoms with van der Waals surface area (Å²) in [6.45, 7) is 3.77. The predicted molar refractivity (Wildman–Crippen MR) is 65.5 cm³/mol. The van der Waals surface area contributed by atoms with Crippen LogP contribution in [0.25, 0.3) is 11.1 Å². The predicted octanol–water partition coefficient (Wildman–Crippen LogP) is 4.26. The minimum absolute atomic E-state index is 0.155. The average Bonchev–Trinajstić information content (AvgIpc) is 2.31. The molecule has 0 saturated carbocycles. The van der Waals surface area contributed by atoms with Gasteiger partial charge in [-0.15, -0.1) is 0 Å². The van der Waals surface area contributed by atoms with Gasteiger partial charge in [0.15, 0.2) is 0 Å². The maximum Gasteiger partial charge on any atom is 0.131 e. The SMILES string of the molecule is [CH2]CCc1ccc(-c2ccccc2)c(F)c1. The third kappa shape index (κ3) is 2.30. The summed E-state index contributed by atoms with van der Waals surface area (Å²) in [5, 5.41) is 0. The minimum atomic E-state index is -0.155. The molecular formula is C15H14F. The Morgan fingerprint density at radius 1 is 1.00 bits per heavy atom. The fraction of sp³-hybridized carbons (Fsp3) is 0.133. The third-order valence-corrected chi connectivity index (χ3v) is 2.58. The van der Waals surface area contributed by atoms with Crippen molar-refractivity contribution >= 4 is 0 Å². The highest BCUT2D eigenvalue weighted by molar-refractivity contribution is 5.64. The smallest absolute Gasteiger partial charge is 0.131 e. The van der Waals surface area contributed by atoms with Crippen molar-refractivity contribution < 1.29 is 4.39 Å². The van der Waals surface area contributed by atoms with Crippen molar-refractivity contribution in [1.82, 2.24) is 0 Å². The Hall–Kier alpha value is -1.63. The fourth-order valence-electron chi connectivity index (χ4n) is 1.77. The Morgan fingerprint density at radius 3 is 2.38 bits per heavy atom. The molecule has 2 aromatic rings. The number of benzene rings is 2. The van der Waals surface area contributed by atoms with E-state index in [4.69, 9.17) is 0 Å². The van der Waals surface area contributed by atoms with Crippen LogP contribution in [0.5, 0.6) is 0 Å². The Bertz CT molecular complexity index is 460. The maximum absolute atomic E-state index is 13.8. The molecule has 0 N–H and O–H groups in total. The Balaban J connectivity index is 2.37. The van der Waals surface area contributed by atoms with Crippen LogP contribution in [-0.2, 0) is 6.42 Å². The summed E-state index contributed by atoms with van der Waals surface area (Å²) in [5.74, 6) is -0.155. The van der Waals surface area contributed by atoms with Crippen LogP contribution in [0.15, 0.2) is 48.5 Å². The average molecular weight is 213 g/mol. The zero-order valence-corrected chi connectivity index (χ0v) is 9.12.